The van der Waals surface area contributed by atoms with Crippen LogP contribution in [-0.2, 0) is 4.74 Å². The predicted molar refractivity (Wildman–Crippen MR) is 47.8 cm³/mol. The molecule has 66 valence electrons. The SMILES string of the molecule is COC[C@H](N)c1cccc(C)n1. The lowest BCUT2D eigenvalue weighted by Crippen LogP contribution is -2.17. The van der Waals surface area contributed by atoms with E-state index >= 15 is 0 Å². The van der Waals surface area contributed by atoms with E-state index in [0.717, 1.165) is 11.4 Å². The van der Waals surface area contributed by atoms with E-state index < -0.39 is 0 Å². The Hall–Kier alpha value is -0.930. The van der Waals surface area contributed by atoms with Crippen molar-refractivity contribution in [1.29, 1.82) is 0 Å². The quantitative estimate of drug-likeness (QED) is 0.729. The Labute approximate surface area is 72.6 Å². The first-order valence-corrected chi connectivity index (χ1v) is 3.92. The standard InChI is InChI=1S/C9H14N2O/c1-7-4-3-5-9(11-7)8(10)6-12-2/h3-5,8H,6,10H2,1-2H3/t8-/m0/s1. The van der Waals surface area contributed by atoms with E-state index in [9.17, 15) is 0 Å². The predicted octanol–water partition coefficient (Wildman–Crippen LogP) is 1.04. The minimum atomic E-state index is -0.116. The van der Waals surface area contributed by atoms with Gasteiger partial charge in [-0.25, -0.2) is 0 Å². The number of aryl methyl sites for hydroxylation is 1. The van der Waals surface area contributed by atoms with Gasteiger partial charge in [0.15, 0.2) is 0 Å². The number of rotatable bonds is 3. The Morgan fingerprint density at radius 1 is 1.58 bits per heavy atom. The number of aromatic nitrogens is 1. The molecular weight excluding hydrogens is 152 g/mol. The fourth-order valence-electron chi connectivity index (χ4n) is 1.04. The van der Waals surface area contributed by atoms with E-state index in [4.69, 9.17) is 10.5 Å². The van der Waals surface area contributed by atoms with Crippen LogP contribution >= 0.6 is 0 Å². The van der Waals surface area contributed by atoms with Gasteiger partial charge in [-0.3, -0.25) is 4.98 Å². The first-order valence-electron chi connectivity index (χ1n) is 3.92. The van der Waals surface area contributed by atoms with Gasteiger partial charge < -0.3 is 10.5 Å². The summed E-state index contributed by atoms with van der Waals surface area (Å²) in [6.45, 7) is 2.46. The molecule has 0 amide bonds. The number of ether oxygens (including phenoxy) is 1. The Bertz CT molecular complexity index is 250. The van der Waals surface area contributed by atoms with Crippen LogP contribution in [0.4, 0.5) is 0 Å². The molecule has 0 bridgehead atoms. The van der Waals surface area contributed by atoms with Crippen molar-refractivity contribution in [2.45, 2.75) is 13.0 Å². The van der Waals surface area contributed by atoms with Gasteiger partial charge in [-0.15, -0.1) is 0 Å². The lowest BCUT2D eigenvalue weighted by molar-refractivity contribution is 0.179. The summed E-state index contributed by atoms with van der Waals surface area (Å²) < 4.78 is 4.93. The second-order valence-corrected chi connectivity index (χ2v) is 2.77. The lowest BCUT2D eigenvalue weighted by Gasteiger charge is -2.09. The molecular formula is C9H14N2O. The van der Waals surface area contributed by atoms with Crippen molar-refractivity contribution in [3.63, 3.8) is 0 Å². The molecule has 1 aromatic heterocycles. The second-order valence-electron chi connectivity index (χ2n) is 2.77. The summed E-state index contributed by atoms with van der Waals surface area (Å²) in [6.07, 6.45) is 0. The van der Waals surface area contributed by atoms with Crippen LogP contribution in [0.5, 0.6) is 0 Å². The molecule has 12 heavy (non-hydrogen) atoms. The fourth-order valence-corrected chi connectivity index (χ4v) is 1.04. The van der Waals surface area contributed by atoms with Gasteiger partial charge in [0.05, 0.1) is 18.3 Å². The molecule has 0 aliphatic heterocycles. The number of nitrogens with zero attached hydrogens (tertiary/aromatic N) is 1. The van der Waals surface area contributed by atoms with E-state index in [-0.39, 0.29) is 6.04 Å². The summed E-state index contributed by atoms with van der Waals surface area (Å²) in [5, 5.41) is 0. The summed E-state index contributed by atoms with van der Waals surface area (Å²) in [4.78, 5) is 4.29. The van der Waals surface area contributed by atoms with Crippen molar-refractivity contribution >= 4 is 0 Å². The molecule has 0 radical (unpaired) electrons. The normalized spacial score (nSPS) is 12.9. The highest BCUT2D eigenvalue weighted by Crippen LogP contribution is 2.07. The maximum absolute atomic E-state index is 5.79. The zero-order chi connectivity index (χ0) is 8.97. The van der Waals surface area contributed by atoms with Crippen LogP contribution in [0.2, 0.25) is 0 Å². The molecule has 0 aliphatic carbocycles. The van der Waals surface area contributed by atoms with E-state index in [1.165, 1.54) is 0 Å². The highest BCUT2D eigenvalue weighted by Gasteiger charge is 2.05. The van der Waals surface area contributed by atoms with Crippen molar-refractivity contribution in [3.8, 4) is 0 Å². The molecule has 1 rings (SSSR count). The maximum atomic E-state index is 5.79. The third-order valence-electron chi connectivity index (χ3n) is 1.64. The summed E-state index contributed by atoms with van der Waals surface area (Å²) in [6, 6.07) is 5.70. The van der Waals surface area contributed by atoms with Crippen LogP contribution < -0.4 is 5.73 Å². The molecule has 1 heterocycles. The summed E-state index contributed by atoms with van der Waals surface area (Å²) in [5.74, 6) is 0. The van der Waals surface area contributed by atoms with Crippen LogP contribution in [0.1, 0.15) is 17.4 Å². The van der Waals surface area contributed by atoms with Crippen LogP contribution in [0.3, 0.4) is 0 Å². The molecule has 3 heteroatoms. The summed E-state index contributed by atoms with van der Waals surface area (Å²) in [7, 11) is 1.63. The molecule has 0 aliphatic rings. The number of nitrogens with two attached hydrogens (primary N) is 1. The molecule has 2 N–H and O–H groups in total. The molecule has 0 unspecified atom stereocenters. The average molecular weight is 166 g/mol. The van der Waals surface area contributed by atoms with Crippen LogP contribution in [-0.4, -0.2) is 18.7 Å². The lowest BCUT2D eigenvalue weighted by atomic mass is 10.2. The van der Waals surface area contributed by atoms with Gasteiger partial charge in [-0.1, -0.05) is 6.07 Å². The van der Waals surface area contributed by atoms with Gasteiger partial charge >= 0.3 is 0 Å². The molecule has 0 saturated carbocycles. The van der Waals surface area contributed by atoms with Gasteiger partial charge in [-0.05, 0) is 19.1 Å². The van der Waals surface area contributed by atoms with Crippen molar-refractivity contribution in [2.75, 3.05) is 13.7 Å². The van der Waals surface area contributed by atoms with Crippen LogP contribution in [0.25, 0.3) is 0 Å². The summed E-state index contributed by atoms with van der Waals surface area (Å²) in [5.41, 5.74) is 7.66. The zero-order valence-electron chi connectivity index (χ0n) is 7.45. The van der Waals surface area contributed by atoms with Crippen LogP contribution in [0, 0.1) is 6.92 Å². The minimum Gasteiger partial charge on any atom is -0.383 e. The molecule has 0 aromatic carbocycles. The topological polar surface area (TPSA) is 48.1 Å². The first-order chi connectivity index (χ1) is 5.74. The Morgan fingerprint density at radius 3 is 2.92 bits per heavy atom. The molecule has 0 spiro atoms. The van der Waals surface area contributed by atoms with Crippen molar-refractivity contribution in [1.82, 2.24) is 4.98 Å². The zero-order valence-corrected chi connectivity index (χ0v) is 7.45. The van der Waals surface area contributed by atoms with Crippen LogP contribution in [0.15, 0.2) is 18.2 Å². The summed E-state index contributed by atoms with van der Waals surface area (Å²) >= 11 is 0. The highest BCUT2D eigenvalue weighted by molar-refractivity contribution is 5.12. The number of methoxy groups -OCH3 is 1. The highest BCUT2D eigenvalue weighted by atomic mass is 16.5. The molecule has 1 atom stereocenters. The number of pyridine rings is 1. The van der Waals surface area contributed by atoms with E-state index in [0.29, 0.717) is 6.61 Å². The smallest absolute Gasteiger partial charge is 0.0707 e. The number of hydrogen-bond donors (Lipinski definition) is 1. The molecule has 0 saturated heterocycles. The Morgan fingerprint density at radius 2 is 2.33 bits per heavy atom. The van der Waals surface area contributed by atoms with Gasteiger partial charge in [0.1, 0.15) is 0 Å². The molecule has 3 nitrogen and oxygen atoms in total. The minimum absolute atomic E-state index is 0.116. The Kier molecular flexibility index (Phi) is 3.19. The third-order valence-corrected chi connectivity index (χ3v) is 1.64. The van der Waals surface area contributed by atoms with E-state index in [2.05, 4.69) is 4.98 Å². The van der Waals surface area contributed by atoms with Gasteiger partial charge in [0.25, 0.3) is 0 Å². The first kappa shape index (κ1) is 9.16. The van der Waals surface area contributed by atoms with E-state index in [1.54, 1.807) is 7.11 Å². The van der Waals surface area contributed by atoms with Crippen molar-refractivity contribution in [3.05, 3.63) is 29.6 Å². The third kappa shape index (κ3) is 2.29. The van der Waals surface area contributed by atoms with Gasteiger partial charge in [0.2, 0.25) is 0 Å². The fraction of sp³-hybridized carbons (Fsp3) is 0.444. The largest absolute Gasteiger partial charge is 0.383 e. The second kappa shape index (κ2) is 4.18. The van der Waals surface area contributed by atoms with Crippen molar-refractivity contribution in [2.24, 2.45) is 5.73 Å². The monoisotopic (exact) mass is 166 g/mol. The maximum Gasteiger partial charge on any atom is 0.0707 e. The van der Waals surface area contributed by atoms with E-state index in [1.807, 2.05) is 25.1 Å². The van der Waals surface area contributed by atoms with Gasteiger partial charge in [0, 0.05) is 12.8 Å². The van der Waals surface area contributed by atoms with Crippen molar-refractivity contribution < 1.29 is 4.74 Å². The van der Waals surface area contributed by atoms with Gasteiger partial charge in [-0.2, -0.15) is 0 Å². The Balaban J connectivity index is 2.73. The number of hydrogen-bond acceptors (Lipinski definition) is 3. The molecule has 1 aromatic rings. The molecule has 0 fully saturated rings. The average Bonchev–Trinajstić information content (AvgIpc) is 2.05.